The van der Waals surface area contributed by atoms with Crippen LogP contribution in [0, 0.1) is 6.92 Å². The van der Waals surface area contributed by atoms with Gasteiger partial charge in [-0.15, -0.1) is 0 Å². The van der Waals surface area contributed by atoms with E-state index in [4.69, 9.17) is 0 Å². The van der Waals surface area contributed by atoms with Gasteiger partial charge >= 0.3 is 0 Å². The Balaban J connectivity index is 2.43. The molecule has 2 rings (SSSR count). The third-order valence-electron chi connectivity index (χ3n) is 3.08. The van der Waals surface area contributed by atoms with Crippen LogP contribution in [0.3, 0.4) is 0 Å². The summed E-state index contributed by atoms with van der Waals surface area (Å²) in [6, 6.07) is 19.8. The molecule has 0 bridgehead atoms. The number of benzene rings is 2. The van der Waals surface area contributed by atoms with E-state index in [2.05, 4.69) is 74.9 Å². The lowest BCUT2D eigenvalue weighted by Crippen LogP contribution is -2.19. The molecule has 16 heavy (non-hydrogen) atoms. The average molecular weight is 229 g/mol. The van der Waals surface area contributed by atoms with Crippen LogP contribution >= 0.6 is 7.26 Å². The summed E-state index contributed by atoms with van der Waals surface area (Å²) >= 11 is 0. The van der Waals surface area contributed by atoms with E-state index in [1.54, 1.807) is 0 Å². The third kappa shape index (κ3) is 2.18. The largest absolute Gasteiger partial charge is 0.0986 e. The van der Waals surface area contributed by atoms with Crippen LogP contribution < -0.4 is 10.6 Å². The minimum atomic E-state index is -1.17. The summed E-state index contributed by atoms with van der Waals surface area (Å²) in [4.78, 5) is 0. The monoisotopic (exact) mass is 229 g/mol. The lowest BCUT2D eigenvalue weighted by Gasteiger charge is -2.17. The Bertz CT molecular complexity index is 455. The quantitative estimate of drug-likeness (QED) is 0.694. The Morgan fingerprint density at radius 1 is 0.688 bits per heavy atom. The zero-order valence-electron chi connectivity index (χ0n) is 10.1. The van der Waals surface area contributed by atoms with Crippen molar-refractivity contribution >= 4 is 17.9 Å². The van der Waals surface area contributed by atoms with Crippen molar-refractivity contribution in [3.05, 3.63) is 60.2 Å². The summed E-state index contributed by atoms with van der Waals surface area (Å²) < 4.78 is 0. The van der Waals surface area contributed by atoms with Crippen LogP contribution in [-0.4, -0.2) is 13.3 Å². The molecule has 2 aromatic carbocycles. The zero-order chi connectivity index (χ0) is 11.6. The van der Waals surface area contributed by atoms with Crippen LogP contribution in [-0.2, 0) is 0 Å². The summed E-state index contributed by atoms with van der Waals surface area (Å²) in [6.07, 6.45) is 0. The van der Waals surface area contributed by atoms with Crippen molar-refractivity contribution in [2.24, 2.45) is 0 Å². The number of rotatable bonds is 2. The Hall–Kier alpha value is -1.13. The van der Waals surface area contributed by atoms with E-state index in [0.717, 1.165) is 0 Å². The van der Waals surface area contributed by atoms with Crippen molar-refractivity contribution in [1.29, 1.82) is 0 Å². The van der Waals surface area contributed by atoms with Crippen LogP contribution in [0.2, 0.25) is 0 Å². The lowest BCUT2D eigenvalue weighted by atomic mass is 10.2. The lowest BCUT2D eigenvalue weighted by molar-refractivity contribution is 1.49. The van der Waals surface area contributed by atoms with Crippen molar-refractivity contribution in [2.45, 2.75) is 6.92 Å². The molecule has 0 heterocycles. The second-order valence-electron chi connectivity index (χ2n) is 4.62. The first-order chi connectivity index (χ1) is 7.60. The van der Waals surface area contributed by atoms with Crippen molar-refractivity contribution in [3.63, 3.8) is 0 Å². The van der Waals surface area contributed by atoms with Gasteiger partial charge in [0.25, 0.3) is 0 Å². The van der Waals surface area contributed by atoms with Crippen molar-refractivity contribution in [1.82, 2.24) is 0 Å². The maximum atomic E-state index is 2.38. The third-order valence-corrected chi connectivity index (χ3v) is 6.26. The Labute approximate surface area is 98.7 Å². The van der Waals surface area contributed by atoms with Gasteiger partial charge in [0.15, 0.2) is 0 Å². The highest BCUT2D eigenvalue weighted by Crippen LogP contribution is 2.48. The Kier molecular flexibility index (Phi) is 3.12. The van der Waals surface area contributed by atoms with E-state index in [1.807, 2.05) is 0 Å². The van der Waals surface area contributed by atoms with E-state index in [1.165, 1.54) is 16.2 Å². The van der Waals surface area contributed by atoms with Gasteiger partial charge in [-0.05, 0) is 31.2 Å². The van der Waals surface area contributed by atoms with Gasteiger partial charge in [0.05, 0.1) is 31.2 Å². The molecule has 0 amide bonds. The molecule has 0 aliphatic heterocycles. The normalized spacial score (nSPS) is 11.4. The molecule has 2 aromatic rings. The van der Waals surface area contributed by atoms with Crippen LogP contribution in [0.5, 0.6) is 0 Å². The molecule has 0 aliphatic rings. The minimum absolute atomic E-state index is 1.17. The van der Waals surface area contributed by atoms with Crippen LogP contribution in [0.1, 0.15) is 5.56 Å². The molecule has 0 unspecified atom stereocenters. The first kappa shape index (κ1) is 11.4. The SMILES string of the molecule is Cc1ccc([P+](C)(C)c2ccccc2)cc1. The van der Waals surface area contributed by atoms with Gasteiger partial charge in [-0.3, -0.25) is 0 Å². The van der Waals surface area contributed by atoms with Crippen LogP contribution in [0.15, 0.2) is 54.6 Å². The van der Waals surface area contributed by atoms with E-state index in [0.29, 0.717) is 0 Å². The van der Waals surface area contributed by atoms with Crippen molar-refractivity contribution in [2.75, 3.05) is 13.3 Å². The first-order valence-corrected chi connectivity index (χ1v) is 8.26. The molecule has 0 saturated carbocycles. The molecule has 0 atom stereocenters. The molecule has 82 valence electrons. The molecule has 0 aliphatic carbocycles. The highest BCUT2D eigenvalue weighted by Gasteiger charge is 2.30. The summed E-state index contributed by atoms with van der Waals surface area (Å²) in [7, 11) is -1.17. The number of hydrogen-bond acceptors (Lipinski definition) is 0. The van der Waals surface area contributed by atoms with Gasteiger partial charge in [0, 0.05) is 0 Å². The summed E-state index contributed by atoms with van der Waals surface area (Å²) in [5.74, 6) is 0. The van der Waals surface area contributed by atoms with Crippen molar-refractivity contribution in [3.8, 4) is 0 Å². The molecular weight excluding hydrogens is 211 g/mol. The molecular formula is C15H18P+. The second-order valence-corrected chi connectivity index (χ2v) is 8.56. The molecule has 0 fully saturated rings. The summed E-state index contributed by atoms with van der Waals surface area (Å²) in [5, 5.41) is 2.95. The summed E-state index contributed by atoms with van der Waals surface area (Å²) in [6.45, 7) is 6.90. The second kappa shape index (κ2) is 4.39. The molecule has 0 radical (unpaired) electrons. The molecule has 0 aromatic heterocycles. The predicted molar refractivity (Wildman–Crippen MR) is 75.7 cm³/mol. The topological polar surface area (TPSA) is 0 Å². The fraction of sp³-hybridized carbons (Fsp3) is 0.200. The van der Waals surface area contributed by atoms with Gasteiger partial charge in [0.1, 0.15) is 0 Å². The standard InChI is InChI=1S/C15H18P/c1-13-9-11-15(12-10-13)16(2,3)14-7-5-4-6-8-14/h4-12H,1-3H3/q+1. The maximum Gasteiger partial charge on any atom is 0.0986 e. The predicted octanol–water partition coefficient (Wildman–Crippen LogP) is 3.22. The van der Waals surface area contributed by atoms with Crippen molar-refractivity contribution < 1.29 is 0 Å². The smallest absolute Gasteiger partial charge is 0.0620 e. The van der Waals surface area contributed by atoms with E-state index < -0.39 is 7.26 Å². The Morgan fingerprint density at radius 2 is 1.19 bits per heavy atom. The first-order valence-electron chi connectivity index (χ1n) is 5.57. The molecule has 1 heteroatoms. The van der Waals surface area contributed by atoms with E-state index >= 15 is 0 Å². The summed E-state index contributed by atoms with van der Waals surface area (Å²) in [5.41, 5.74) is 1.33. The van der Waals surface area contributed by atoms with E-state index in [-0.39, 0.29) is 0 Å². The van der Waals surface area contributed by atoms with E-state index in [9.17, 15) is 0 Å². The number of hydrogen-bond donors (Lipinski definition) is 0. The number of aryl methyl sites for hydroxylation is 1. The highest BCUT2D eigenvalue weighted by atomic mass is 31.2. The highest BCUT2D eigenvalue weighted by molar-refractivity contribution is 7.88. The Morgan fingerprint density at radius 3 is 1.75 bits per heavy atom. The fourth-order valence-electron chi connectivity index (χ4n) is 1.87. The average Bonchev–Trinajstić information content (AvgIpc) is 2.31. The zero-order valence-corrected chi connectivity index (χ0v) is 11.0. The van der Waals surface area contributed by atoms with Gasteiger partial charge in [-0.2, -0.15) is 0 Å². The minimum Gasteiger partial charge on any atom is -0.0620 e. The maximum absolute atomic E-state index is 2.38. The van der Waals surface area contributed by atoms with Gasteiger partial charge < -0.3 is 0 Å². The van der Waals surface area contributed by atoms with Gasteiger partial charge in [0.2, 0.25) is 0 Å². The van der Waals surface area contributed by atoms with Gasteiger partial charge in [-0.25, -0.2) is 0 Å². The fourth-order valence-corrected chi connectivity index (χ4v) is 3.98. The van der Waals surface area contributed by atoms with Crippen LogP contribution in [0.25, 0.3) is 0 Å². The van der Waals surface area contributed by atoms with Gasteiger partial charge in [-0.1, -0.05) is 35.9 Å². The molecule has 0 nitrogen and oxygen atoms in total. The molecule has 0 spiro atoms. The molecule has 0 N–H and O–H groups in total. The molecule has 0 saturated heterocycles. The van der Waals surface area contributed by atoms with Crippen LogP contribution in [0.4, 0.5) is 0 Å².